The Kier molecular flexibility index (Phi) is 4.57. The van der Waals surface area contributed by atoms with Crippen LogP contribution in [0.25, 0.3) is 0 Å². The number of ether oxygens (including phenoxy) is 1. The summed E-state index contributed by atoms with van der Waals surface area (Å²) in [5.74, 6) is 0. The van der Waals surface area contributed by atoms with Crippen LogP contribution in [0.3, 0.4) is 0 Å². The monoisotopic (exact) mass is 407 g/mol. The Labute approximate surface area is 165 Å². The van der Waals surface area contributed by atoms with Crippen molar-refractivity contribution in [2.45, 2.75) is 13.0 Å². The summed E-state index contributed by atoms with van der Waals surface area (Å²) in [6.07, 6.45) is 0.367. The van der Waals surface area contributed by atoms with Gasteiger partial charge in [0.1, 0.15) is 6.61 Å². The fraction of sp³-hybridized carbons (Fsp3) is 0.278. The molecule has 140 valence electrons. The van der Waals surface area contributed by atoms with E-state index in [0.717, 1.165) is 16.8 Å². The number of cyclic esters (lactones) is 1. The SMILES string of the molecule is O=C1OCCN1c1cccc2c1CCN(c1c(Cl)cc([N+](=O)[O-])cc1Cl)C2. The van der Waals surface area contributed by atoms with E-state index in [-0.39, 0.29) is 21.8 Å². The van der Waals surface area contributed by atoms with Crippen LogP contribution in [0.15, 0.2) is 30.3 Å². The first-order valence-electron chi connectivity index (χ1n) is 8.39. The molecule has 9 heteroatoms. The number of non-ortho nitro benzene ring substituents is 1. The van der Waals surface area contributed by atoms with Crippen molar-refractivity contribution >= 4 is 46.4 Å². The molecule has 2 heterocycles. The smallest absolute Gasteiger partial charge is 0.414 e. The topological polar surface area (TPSA) is 75.9 Å². The van der Waals surface area contributed by atoms with E-state index in [1.165, 1.54) is 12.1 Å². The summed E-state index contributed by atoms with van der Waals surface area (Å²) in [7, 11) is 0. The summed E-state index contributed by atoms with van der Waals surface area (Å²) >= 11 is 12.6. The van der Waals surface area contributed by atoms with Gasteiger partial charge in [-0.1, -0.05) is 35.3 Å². The Bertz CT molecular complexity index is 927. The van der Waals surface area contributed by atoms with Gasteiger partial charge in [-0.05, 0) is 23.6 Å². The predicted octanol–water partition coefficient (Wildman–Crippen LogP) is 4.42. The Hall–Kier alpha value is -2.51. The normalized spacial score (nSPS) is 16.3. The zero-order chi connectivity index (χ0) is 19.1. The average molecular weight is 408 g/mol. The van der Waals surface area contributed by atoms with Crippen LogP contribution in [0, 0.1) is 10.1 Å². The Morgan fingerprint density at radius 2 is 1.89 bits per heavy atom. The molecule has 0 bridgehead atoms. The van der Waals surface area contributed by atoms with Gasteiger partial charge in [-0.3, -0.25) is 15.0 Å². The number of hydrogen-bond donors (Lipinski definition) is 0. The number of fused-ring (bicyclic) bond motifs is 1. The number of nitrogens with zero attached hydrogens (tertiary/aromatic N) is 3. The van der Waals surface area contributed by atoms with Crippen molar-refractivity contribution in [3.8, 4) is 0 Å². The molecule has 7 nitrogen and oxygen atoms in total. The largest absolute Gasteiger partial charge is 0.447 e. The minimum atomic E-state index is -0.519. The van der Waals surface area contributed by atoms with E-state index >= 15 is 0 Å². The number of hydrogen-bond acceptors (Lipinski definition) is 5. The van der Waals surface area contributed by atoms with Gasteiger partial charge in [0.15, 0.2) is 0 Å². The fourth-order valence-corrected chi connectivity index (χ4v) is 4.32. The first-order valence-corrected chi connectivity index (χ1v) is 9.14. The van der Waals surface area contributed by atoms with Crippen LogP contribution < -0.4 is 9.80 Å². The third-order valence-electron chi connectivity index (χ3n) is 4.82. The number of anilines is 2. The molecule has 2 aliphatic heterocycles. The molecule has 2 aliphatic rings. The van der Waals surface area contributed by atoms with Gasteiger partial charge in [-0.25, -0.2) is 4.79 Å². The molecule has 0 atom stereocenters. The van der Waals surface area contributed by atoms with Crippen LogP contribution in [0.2, 0.25) is 10.0 Å². The summed E-state index contributed by atoms with van der Waals surface area (Å²) < 4.78 is 5.05. The van der Waals surface area contributed by atoms with E-state index < -0.39 is 4.92 Å². The maximum absolute atomic E-state index is 11.9. The fourth-order valence-electron chi connectivity index (χ4n) is 3.60. The molecule has 1 fully saturated rings. The van der Waals surface area contributed by atoms with Gasteiger partial charge in [-0.15, -0.1) is 0 Å². The van der Waals surface area contributed by atoms with Gasteiger partial charge in [0.05, 0.1) is 32.9 Å². The highest BCUT2D eigenvalue weighted by Crippen LogP contribution is 2.40. The molecule has 0 aromatic heterocycles. The number of nitro groups is 1. The minimum Gasteiger partial charge on any atom is -0.447 e. The third kappa shape index (κ3) is 3.17. The first-order chi connectivity index (χ1) is 13.0. The van der Waals surface area contributed by atoms with Gasteiger partial charge in [0.2, 0.25) is 0 Å². The molecule has 2 aromatic carbocycles. The van der Waals surface area contributed by atoms with Crippen molar-refractivity contribution in [1.82, 2.24) is 0 Å². The van der Waals surface area contributed by atoms with Crippen molar-refractivity contribution < 1.29 is 14.5 Å². The van der Waals surface area contributed by atoms with Gasteiger partial charge in [-0.2, -0.15) is 0 Å². The Morgan fingerprint density at radius 1 is 1.15 bits per heavy atom. The minimum absolute atomic E-state index is 0.138. The van der Waals surface area contributed by atoms with E-state index in [9.17, 15) is 14.9 Å². The quantitative estimate of drug-likeness (QED) is 0.555. The lowest BCUT2D eigenvalue weighted by Crippen LogP contribution is -2.33. The summed E-state index contributed by atoms with van der Waals surface area (Å²) in [6.45, 7) is 2.11. The summed E-state index contributed by atoms with van der Waals surface area (Å²) in [5.41, 5.74) is 3.47. The second-order valence-corrected chi connectivity index (χ2v) is 7.18. The zero-order valence-electron chi connectivity index (χ0n) is 14.2. The standard InChI is InChI=1S/C18H15Cl2N3O4/c19-14-8-12(23(25)26)9-15(20)17(14)21-5-4-13-11(10-21)2-1-3-16(13)22-6-7-27-18(22)24/h1-3,8-9H,4-7,10H2. The number of halogens is 2. The van der Waals surface area contributed by atoms with Gasteiger partial charge >= 0.3 is 6.09 Å². The number of carbonyl (C=O) groups is 1. The highest BCUT2D eigenvalue weighted by atomic mass is 35.5. The Morgan fingerprint density at radius 3 is 2.52 bits per heavy atom. The van der Waals surface area contributed by atoms with Gasteiger partial charge < -0.3 is 9.64 Å². The molecule has 27 heavy (non-hydrogen) atoms. The first kappa shape index (κ1) is 17.9. The highest BCUT2D eigenvalue weighted by molar-refractivity contribution is 6.39. The number of amides is 1. The molecule has 0 N–H and O–H groups in total. The molecule has 0 aliphatic carbocycles. The molecule has 2 aromatic rings. The van der Waals surface area contributed by atoms with Crippen molar-refractivity contribution in [2.24, 2.45) is 0 Å². The van der Waals surface area contributed by atoms with Crippen LogP contribution in [0.4, 0.5) is 21.9 Å². The van der Waals surface area contributed by atoms with E-state index in [1.54, 1.807) is 4.90 Å². The lowest BCUT2D eigenvalue weighted by atomic mass is 9.96. The van der Waals surface area contributed by atoms with E-state index in [0.29, 0.717) is 38.3 Å². The molecule has 4 rings (SSSR count). The van der Waals surface area contributed by atoms with Crippen molar-refractivity contribution in [3.05, 3.63) is 61.6 Å². The van der Waals surface area contributed by atoms with E-state index in [4.69, 9.17) is 27.9 Å². The molecule has 0 unspecified atom stereocenters. The third-order valence-corrected chi connectivity index (χ3v) is 5.40. The zero-order valence-corrected chi connectivity index (χ0v) is 15.7. The summed E-state index contributed by atoms with van der Waals surface area (Å²) in [4.78, 5) is 26.0. The van der Waals surface area contributed by atoms with Gasteiger partial charge in [0, 0.05) is 25.2 Å². The number of rotatable bonds is 3. The van der Waals surface area contributed by atoms with Crippen LogP contribution in [-0.2, 0) is 17.7 Å². The van der Waals surface area contributed by atoms with E-state index in [1.807, 2.05) is 23.1 Å². The lowest BCUT2D eigenvalue weighted by molar-refractivity contribution is -0.384. The second kappa shape index (κ2) is 6.90. The maximum atomic E-state index is 11.9. The molecular formula is C18H15Cl2N3O4. The van der Waals surface area contributed by atoms with Crippen molar-refractivity contribution in [3.63, 3.8) is 0 Å². The van der Waals surface area contributed by atoms with Crippen molar-refractivity contribution in [2.75, 3.05) is 29.5 Å². The predicted molar refractivity (Wildman–Crippen MR) is 103 cm³/mol. The average Bonchev–Trinajstić information content (AvgIpc) is 3.06. The Balaban J connectivity index is 1.67. The molecule has 1 saturated heterocycles. The summed E-state index contributed by atoms with van der Waals surface area (Å²) in [5, 5.41) is 11.5. The van der Waals surface area contributed by atoms with Crippen LogP contribution in [-0.4, -0.2) is 30.7 Å². The lowest BCUT2D eigenvalue weighted by Gasteiger charge is -2.33. The van der Waals surface area contributed by atoms with Crippen LogP contribution >= 0.6 is 23.2 Å². The van der Waals surface area contributed by atoms with Gasteiger partial charge in [0.25, 0.3) is 5.69 Å². The van der Waals surface area contributed by atoms with Crippen molar-refractivity contribution in [1.29, 1.82) is 0 Å². The van der Waals surface area contributed by atoms with Crippen LogP contribution in [0.5, 0.6) is 0 Å². The molecule has 0 spiro atoms. The highest BCUT2D eigenvalue weighted by Gasteiger charge is 2.29. The van der Waals surface area contributed by atoms with Crippen LogP contribution in [0.1, 0.15) is 11.1 Å². The molecule has 1 amide bonds. The number of carbonyl (C=O) groups excluding carboxylic acids is 1. The number of nitro benzene ring substituents is 1. The number of benzene rings is 2. The maximum Gasteiger partial charge on any atom is 0.414 e. The summed E-state index contributed by atoms with van der Waals surface area (Å²) in [6, 6.07) is 8.46. The second-order valence-electron chi connectivity index (χ2n) is 6.37. The molecule has 0 radical (unpaired) electrons. The molecular weight excluding hydrogens is 393 g/mol. The molecule has 0 saturated carbocycles. The van der Waals surface area contributed by atoms with E-state index in [2.05, 4.69) is 0 Å².